The van der Waals surface area contributed by atoms with Crippen molar-refractivity contribution in [2.24, 2.45) is 0 Å². The highest BCUT2D eigenvalue weighted by Crippen LogP contribution is 2.27. The molecule has 0 spiro atoms. The Kier molecular flexibility index (Phi) is 5.86. The number of carbonyl (C=O) groups excluding carboxylic acids is 1. The van der Waals surface area contributed by atoms with Gasteiger partial charge in [-0.2, -0.15) is 0 Å². The molecule has 1 N–H and O–H groups in total. The van der Waals surface area contributed by atoms with E-state index in [1.54, 1.807) is 6.92 Å². The zero-order valence-corrected chi connectivity index (χ0v) is 16.1. The van der Waals surface area contributed by atoms with E-state index in [0.717, 1.165) is 18.7 Å². The number of amides is 1. The average molecular weight is 398 g/mol. The number of tetrazole rings is 1. The Morgan fingerprint density at radius 1 is 1.17 bits per heavy atom. The van der Waals surface area contributed by atoms with Crippen molar-refractivity contribution in [1.82, 2.24) is 40.6 Å². The third-order valence-electron chi connectivity index (χ3n) is 4.63. The maximum absolute atomic E-state index is 12.4. The van der Waals surface area contributed by atoms with Crippen molar-refractivity contribution < 1.29 is 13.9 Å². The summed E-state index contributed by atoms with van der Waals surface area (Å²) in [6, 6.07) is 9.84. The maximum atomic E-state index is 12.4. The molecule has 11 heteroatoms. The summed E-state index contributed by atoms with van der Waals surface area (Å²) in [5.74, 6) is 1.17. The number of rotatable bonds is 7. The molecule has 1 atom stereocenters. The minimum absolute atomic E-state index is 0.0108. The van der Waals surface area contributed by atoms with Gasteiger partial charge in [0.25, 0.3) is 0 Å². The zero-order valence-electron chi connectivity index (χ0n) is 16.1. The van der Waals surface area contributed by atoms with E-state index in [1.165, 1.54) is 4.68 Å². The van der Waals surface area contributed by atoms with Gasteiger partial charge in [0, 0.05) is 20.0 Å². The van der Waals surface area contributed by atoms with Crippen molar-refractivity contribution in [3.8, 4) is 0 Å². The highest BCUT2D eigenvalue weighted by atomic mass is 16.5. The van der Waals surface area contributed by atoms with Gasteiger partial charge in [0.1, 0.15) is 6.54 Å². The molecule has 1 saturated heterocycles. The molecule has 1 unspecified atom stereocenters. The lowest BCUT2D eigenvalue weighted by molar-refractivity contribution is -0.122. The Morgan fingerprint density at radius 2 is 1.97 bits per heavy atom. The van der Waals surface area contributed by atoms with Crippen LogP contribution in [0.25, 0.3) is 0 Å². The lowest BCUT2D eigenvalue weighted by Gasteiger charge is -2.33. The molecule has 1 fully saturated rings. The number of benzene rings is 1. The lowest BCUT2D eigenvalue weighted by Crippen LogP contribution is -2.41. The van der Waals surface area contributed by atoms with E-state index in [9.17, 15) is 4.79 Å². The Balaban J connectivity index is 1.51. The van der Waals surface area contributed by atoms with E-state index >= 15 is 0 Å². The molecule has 0 aliphatic carbocycles. The number of hydrogen-bond acceptors (Lipinski definition) is 9. The number of nitrogens with zero attached hydrogens (tertiary/aromatic N) is 7. The van der Waals surface area contributed by atoms with Crippen molar-refractivity contribution in [1.29, 1.82) is 0 Å². The summed E-state index contributed by atoms with van der Waals surface area (Å²) < 4.78 is 12.3. The zero-order chi connectivity index (χ0) is 20.1. The minimum Gasteiger partial charge on any atom is -0.424 e. The molecule has 3 heterocycles. The quantitative estimate of drug-likeness (QED) is 0.590. The van der Waals surface area contributed by atoms with Gasteiger partial charge >= 0.3 is 0 Å². The van der Waals surface area contributed by atoms with Gasteiger partial charge in [0.05, 0.1) is 25.8 Å². The third-order valence-corrected chi connectivity index (χ3v) is 4.63. The van der Waals surface area contributed by atoms with Crippen LogP contribution in [0.3, 0.4) is 0 Å². The third kappa shape index (κ3) is 4.63. The van der Waals surface area contributed by atoms with Crippen LogP contribution in [-0.4, -0.2) is 67.5 Å². The second kappa shape index (κ2) is 8.88. The molecular formula is C18H22N8O3. The maximum Gasteiger partial charge on any atom is 0.242 e. The molecule has 4 rings (SSSR count). The number of carbonyl (C=O) groups is 1. The van der Waals surface area contributed by atoms with Gasteiger partial charge in [-0.3, -0.25) is 9.69 Å². The standard InChI is InChI=1S/C18H22N8O3/c1-13-20-21-16(29-13)11-19-15(27)12-26-18(22-23-24-26)17(14-5-3-2-4-6-14)25-7-9-28-10-8-25/h2-6,17H,7-12H2,1H3,(H,19,27). The highest BCUT2D eigenvalue weighted by molar-refractivity contribution is 5.75. The predicted molar refractivity (Wildman–Crippen MR) is 99.4 cm³/mol. The average Bonchev–Trinajstić information content (AvgIpc) is 3.37. The summed E-state index contributed by atoms with van der Waals surface area (Å²) in [4.78, 5) is 14.7. The molecule has 1 aromatic carbocycles. The summed E-state index contributed by atoms with van der Waals surface area (Å²) in [6.07, 6.45) is 0. The van der Waals surface area contributed by atoms with Crippen LogP contribution in [0.5, 0.6) is 0 Å². The van der Waals surface area contributed by atoms with Gasteiger partial charge in [0.2, 0.25) is 17.7 Å². The van der Waals surface area contributed by atoms with Crippen molar-refractivity contribution in [2.45, 2.75) is 26.1 Å². The molecule has 1 aliphatic rings. The normalized spacial score (nSPS) is 15.9. The summed E-state index contributed by atoms with van der Waals surface area (Å²) in [5.41, 5.74) is 1.06. The van der Waals surface area contributed by atoms with Crippen LogP contribution in [0.2, 0.25) is 0 Å². The van der Waals surface area contributed by atoms with E-state index in [0.29, 0.717) is 30.8 Å². The van der Waals surface area contributed by atoms with E-state index in [4.69, 9.17) is 9.15 Å². The van der Waals surface area contributed by atoms with Crippen LogP contribution >= 0.6 is 0 Å². The van der Waals surface area contributed by atoms with Crippen molar-refractivity contribution >= 4 is 5.91 Å². The van der Waals surface area contributed by atoms with E-state index in [2.05, 4.69) is 35.9 Å². The summed E-state index contributed by atoms with van der Waals surface area (Å²) in [5, 5.41) is 22.5. The number of hydrogen-bond donors (Lipinski definition) is 1. The predicted octanol–water partition coefficient (Wildman–Crippen LogP) is 0.103. The first-order chi connectivity index (χ1) is 14.2. The molecule has 152 valence electrons. The van der Waals surface area contributed by atoms with Crippen LogP contribution < -0.4 is 5.32 Å². The smallest absolute Gasteiger partial charge is 0.242 e. The van der Waals surface area contributed by atoms with Gasteiger partial charge in [-0.05, 0) is 16.0 Å². The second-order valence-electron chi connectivity index (χ2n) is 6.65. The van der Waals surface area contributed by atoms with Gasteiger partial charge in [-0.15, -0.1) is 15.3 Å². The lowest BCUT2D eigenvalue weighted by atomic mass is 10.0. The monoisotopic (exact) mass is 398 g/mol. The molecule has 11 nitrogen and oxygen atoms in total. The Hall–Kier alpha value is -3.18. The first-order valence-corrected chi connectivity index (χ1v) is 9.39. The molecule has 0 radical (unpaired) electrons. The number of aryl methyl sites for hydroxylation is 1. The Morgan fingerprint density at radius 3 is 2.69 bits per heavy atom. The van der Waals surface area contributed by atoms with Crippen LogP contribution in [0.4, 0.5) is 0 Å². The minimum atomic E-state index is -0.247. The second-order valence-corrected chi connectivity index (χ2v) is 6.65. The summed E-state index contributed by atoms with van der Waals surface area (Å²) >= 11 is 0. The van der Waals surface area contributed by atoms with Crippen LogP contribution in [-0.2, 0) is 22.6 Å². The number of morpholine rings is 1. The molecule has 29 heavy (non-hydrogen) atoms. The first-order valence-electron chi connectivity index (χ1n) is 9.39. The van der Waals surface area contributed by atoms with Crippen LogP contribution in [0, 0.1) is 6.92 Å². The number of aromatic nitrogens is 6. The largest absolute Gasteiger partial charge is 0.424 e. The van der Waals surface area contributed by atoms with Gasteiger partial charge in [-0.25, -0.2) is 4.68 Å². The van der Waals surface area contributed by atoms with E-state index in [1.807, 2.05) is 30.3 Å². The molecule has 0 bridgehead atoms. The molecule has 0 saturated carbocycles. The molecule has 1 amide bonds. The van der Waals surface area contributed by atoms with E-state index in [-0.39, 0.29) is 25.0 Å². The van der Waals surface area contributed by atoms with Gasteiger partial charge < -0.3 is 14.5 Å². The number of nitrogens with one attached hydrogen (secondary N) is 1. The topological polar surface area (TPSA) is 124 Å². The fourth-order valence-electron chi connectivity index (χ4n) is 3.29. The SMILES string of the molecule is Cc1nnc(CNC(=O)Cn2nnnc2C(c2ccccc2)N2CCOCC2)o1. The first kappa shape index (κ1) is 19.2. The van der Waals surface area contributed by atoms with Gasteiger partial charge in [-0.1, -0.05) is 30.3 Å². The molecule has 3 aromatic rings. The van der Waals surface area contributed by atoms with Crippen molar-refractivity contribution in [3.05, 3.63) is 53.5 Å². The summed E-state index contributed by atoms with van der Waals surface area (Å²) in [7, 11) is 0. The Labute approximate surface area is 167 Å². The fourth-order valence-corrected chi connectivity index (χ4v) is 3.29. The summed E-state index contributed by atoms with van der Waals surface area (Å²) in [6.45, 7) is 4.65. The van der Waals surface area contributed by atoms with Crippen LogP contribution in [0.1, 0.15) is 29.2 Å². The van der Waals surface area contributed by atoms with Crippen molar-refractivity contribution in [3.63, 3.8) is 0 Å². The van der Waals surface area contributed by atoms with Gasteiger partial charge in [0.15, 0.2) is 5.82 Å². The van der Waals surface area contributed by atoms with E-state index < -0.39 is 0 Å². The highest BCUT2D eigenvalue weighted by Gasteiger charge is 2.29. The molecule has 1 aliphatic heterocycles. The molecule has 2 aromatic heterocycles. The van der Waals surface area contributed by atoms with Crippen LogP contribution in [0.15, 0.2) is 34.7 Å². The number of ether oxygens (including phenoxy) is 1. The van der Waals surface area contributed by atoms with Crippen molar-refractivity contribution in [2.75, 3.05) is 26.3 Å². The fraction of sp³-hybridized carbons (Fsp3) is 0.444. The Bertz CT molecular complexity index is 936. The molecular weight excluding hydrogens is 376 g/mol.